The molecule has 0 spiro atoms. The summed E-state index contributed by atoms with van der Waals surface area (Å²) >= 11 is 0. The van der Waals surface area contributed by atoms with E-state index in [1.807, 2.05) is 6.92 Å². The van der Waals surface area contributed by atoms with Crippen LogP contribution in [-0.4, -0.2) is 29.6 Å². The van der Waals surface area contributed by atoms with Crippen LogP contribution in [0.15, 0.2) is 89.7 Å². The number of non-ortho nitro benzene ring substituents is 1. The molecule has 172 valence electrons. The number of nitrogens with one attached hydrogen (secondary N) is 2. The summed E-state index contributed by atoms with van der Waals surface area (Å²) in [5.74, 6) is -0.490. The van der Waals surface area contributed by atoms with E-state index in [9.17, 15) is 19.7 Å². The van der Waals surface area contributed by atoms with Crippen molar-refractivity contribution in [2.24, 2.45) is 5.10 Å². The van der Waals surface area contributed by atoms with Crippen LogP contribution in [0.2, 0.25) is 0 Å². The van der Waals surface area contributed by atoms with E-state index >= 15 is 0 Å². The minimum atomic E-state index is -0.696. The number of hydrazone groups is 1. The standard InChI is InChI=1S/C25H22N4O5/c1-2-34-22-13-11-18(12-14-22)17-26-28-25(31)23(27-24(30)20-8-4-3-5-9-20)16-19-7-6-10-21(15-19)29(32)33/h3-17H,2H2,1H3,(H,27,30)(H,28,31). The highest BCUT2D eigenvalue weighted by Gasteiger charge is 2.15. The van der Waals surface area contributed by atoms with Crippen molar-refractivity contribution in [3.05, 3.63) is 111 Å². The molecule has 3 aromatic rings. The SMILES string of the molecule is CCOc1ccc(C=NNC(=O)C(=Cc2cccc([N+](=O)[O-])c2)NC(=O)c2ccccc2)cc1. The second-order valence-corrected chi connectivity index (χ2v) is 6.93. The number of carbonyl (C=O) groups excluding carboxylic acids is 2. The lowest BCUT2D eigenvalue weighted by molar-refractivity contribution is -0.384. The van der Waals surface area contributed by atoms with Crippen molar-refractivity contribution in [2.45, 2.75) is 6.92 Å². The van der Waals surface area contributed by atoms with Crippen LogP contribution in [0.25, 0.3) is 6.08 Å². The number of hydrogen-bond acceptors (Lipinski definition) is 6. The summed E-state index contributed by atoms with van der Waals surface area (Å²) in [4.78, 5) is 36.0. The fourth-order valence-electron chi connectivity index (χ4n) is 2.88. The molecule has 0 bridgehead atoms. The molecule has 0 aliphatic heterocycles. The number of nitro groups is 1. The van der Waals surface area contributed by atoms with E-state index in [0.717, 1.165) is 11.3 Å². The Morgan fingerprint density at radius 3 is 2.41 bits per heavy atom. The van der Waals surface area contributed by atoms with Crippen molar-refractivity contribution >= 4 is 29.8 Å². The molecule has 3 rings (SSSR count). The van der Waals surface area contributed by atoms with Gasteiger partial charge in [-0.25, -0.2) is 5.43 Å². The molecule has 9 heteroatoms. The Hall–Kier alpha value is -4.79. The van der Waals surface area contributed by atoms with Crippen LogP contribution in [0, 0.1) is 10.1 Å². The second kappa shape index (κ2) is 11.7. The van der Waals surface area contributed by atoms with Crippen LogP contribution in [0.5, 0.6) is 5.75 Å². The van der Waals surface area contributed by atoms with E-state index in [4.69, 9.17) is 4.74 Å². The summed E-state index contributed by atoms with van der Waals surface area (Å²) in [6.45, 7) is 2.44. The number of hydrogen-bond donors (Lipinski definition) is 2. The Morgan fingerprint density at radius 1 is 1.00 bits per heavy atom. The third kappa shape index (κ3) is 6.86. The number of benzene rings is 3. The first kappa shape index (κ1) is 23.9. The zero-order valence-corrected chi connectivity index (χ0v) is 18.3. The van der Waals surface area contributed by atoms with E-state index in [1.165, 1.54) is 30.5 Å². The predicted octanol–water partition coefficient (Wildman–Crippen LogP) is 3.91. The molecular weight excluding hydrogens is 436 g/mol. The number of nitrogens with zero attached hydrogens (tertiary/aromatic N) is 2. The topological polar surface area (TPSA) is 123 Å². The molecule has 0 heterocycles. The normalized spacial score (nSPS) is 11.1. The van der Waals surface area contributed by atoms with Gasteiger partial charge in [0.2, 0.25) is 0 Å². The zero-order chi connectivity index (χ0) is 24.3. The summed E-state index contributed by atoms with van der Waals surface area (Å²) in [6, 6.07) is 21.2. The van der Waals surface area contributed by atoms with E-state index in [2.05, 4.69) is 15.8 Å². The van der Waals surface area contributed by atoms with Crippen LogP contribution in [-0.2, 0) is 4.79 Å². The predicted molar refractivity (Wildman–Crippen MR) is 128 cm³/mol. The quantitative estimate of drug-likeness (QED) is 0.218. The molecule has 0 saturated carbocycles. The Labute approximate surface area is 195 Å². The lowest BCUT2D eigenvalue weighted by Gasteiger charge is -2.09. The van der Waals surface area contributed by atoms with Gasteiger partial charge in [0.1, 0.15) is 11.4 Å². The lowest BCUT2D eigenvalue weighted by Crippen LogP contribution is -2.32. The third-order valence-corrected chi connectivity index (χ3v) is 4.49. The molecular formula is C25H22N4O5. The van der Waals surface area contributed by atoms with E-state index < -0.39 is 16.7 Å². The minimum Gasteiger partial charge on any atom is -0.494 e. The lowest BCUT2D eigenvalue weighted by atomic mass is 10.1. The summed E-state index contributed by atoms with van der Waals surface area (Å²) in [5.41, 5.74) is 3.53. The fraction of sp³-hybridized carbons (Fsp3) is 0.0800. The van der Waals surface area contributed by atoms with Crippen LogP contribution in [0.1, 0.15) is 28.4 Å². The number of carbonyl (C=O) groups is 2. The molecule has 3 aromatic carbocycles. The van der Waals surface area contributed by atoms with Gasteiger partial charge in [0.15, 0.2) is 0 Å². The van der Waals surface area contributed by atoms with Gasteiger partial charge in [-0.15, -0.1) is 0 Å². The van der Waals surface area contributed by atoms with Crippen molar-refractivity contribution in [1.29, 1.82) is 0 Å². The molecule has 0 fully saturated rings. The largest absolute Gasteiger partial charge is 0.494 e. The average Bonchev–Trinajstić information content (AvgIpc) is 2.85. The Morgan fingerprint density at radius 2 is 1.74 bits per heavy atom. The highest BCUT2D eigenvalue weighted by Crippen LogP contribution is 2.16. The molecule has 0 aromatic heterocycles. The van der Waals surface area contributed by atoms with Crippen LogP contribution < -0.4 is 15.5 Å². The Bertz CT molecular complexity index is 1220. The summed E-state index contributed by atoms with van der Waals surface area (Å²) in [5, 5.41) is 17.6. The fourth-order valence-corrected chi connectivity index (χ4v) is 2.88. The number of amides is 2. The van der Waals surface area contributed by atoms with Crippen molar-refractivity contribution in [3.8, 4) is 5.75 Å². The molecule has 0 radical (unpaired) electrons. The number of rotatable bonds is 9. The Balaban J connectivity index is 1.80. The summed E-state index contributed by atoms with van der Waals surface area (Å²) in [6.07, 6.45) is 2.78. The second-order valence-electron chi connectivity index (χ2n) is 6.93. The van der Waals surface area contributed by atoms with E-state index in [0.29, 0.717) is 17.7 Å². The maximum Gasteiger partial charge on any atom is 0.287 e. The van der Waals surface area contributed by atoms with Crippen molar-refractivity contribution in [2.75, 3.05) is 6.61 Å². The summed E-state index contributed by atoms with van der Waals surface area (Å²) in [7, 11) is 0. The molecule has 34 heavy (non-hydrogen) atoms. The van der Waals surface area contributed by atoms with Crippen molar-refractivity contribution in [3.63, 3.8) is 0 Å². The number of ether oxygens (including phenoxy) is 1. The Kier molecular flexibility index (Phi) is 8.23. The zero-order valence-electron chi connectivity index (χ0n) is 18.3. The van der Waals surface area contributed by atoms with Gasteiger partial charge in [0.05, 0.1) is 17.7 Å². The van der Waals surface area contributed by atoms with Crippen LogP contribution in [0.3, 0.4) is 0 Å². The third-order valence-electron chi connectivity index (χ3n) is 4.49. The maximum atomic E-state index is 12.8. The average molecular weight is 458 g/mol. The van der Waals surface area contributed by atoms with E-state index in [-0.39, 0.29) is 11.4 Å². The summed E-state index contributed by atoms with van der Waals surface area (Å²) < 4.78 is 5.38. The van der Waals surface area contributed by atoms with Crippen LogP contribution >= 0.6 is 0 Å². The first-order valence-electron chi connectivity index (χ1n) is 10.3. The first-order valence-corrected chi connectivity index (χ1v) is 10.3. The molecule has 0 unspecified atom stereocenters. The van der Waals surface area contributed by atoms with Gasteiger partial charge in [0, 0.05) is 17.7 Å². The van der Waals surface area contributed by atoms with Gasteiger partial charge in [0.25, 0.3) is 17.5 Å². The van der Waals surface area contributed by atoms with Gasteiger partial charge in [-0.1, -0.05) is 30.3 Å². The van der Waals surface area contributed by atoms with Gasteiger partial charge < -0.3 is 10.1 Å². The molecule has 2 N–H and O–H groups in total. The molecule has 2 amide bonds. The van der Waals surface area contributed by atoms with Crippen LogP contribution in [0.4, 0.5) is 5.69 Å². The first-order chi connectivity index (χ1) is 16.5. The molecule has 0 aliphatic rings. The van der Waals surface area contributed by atoms with Gasteiger partial charge >= 0.3 is 0 Å². The molecule has 9 nitrogen and oxygen atoms in total. The van der Waals surface area contributed by atoms with Gasteiger partial charge in [-0.05, 0) is 60.5 Å². The monoisotopic (exact) mass is 458 g/mol. The minimum absolute atomic E-state index is 0.127. The van der Waals surface area contributed by atoms with Crippen molar-refractivity contribution in [1.82, 2.24) is 10.7 Å². The smallest absolute Gasteiger partial charge is 0.287 e. The maximum absolute atomic E-state index is 12.8. The van der Waals surface area contributed by atoms with Gasteiger partial charge in [-0.3, -0.25) is 19.7 Å². The molecule has 0 atom stereocenters. The van der Waals surface area contributed by atoms with E-state index in [1.54, 1.807) is 60.7 Å². The molecule has 0 aliphatic carbocycles. The highest BCUT2D eigenvalue weighted by molar-refractivity contribution is 6.05. The highest BCUT2D eigenvalue weighted by atomic mass is 16.6. The van der Waals surface area contributed by atoms with Crippen molar-refractivity contribution < 1.29 is 19.2 Å². The molecule has 0 saturated heterocycles. The van der Waals surface area contributed by atoms with Gasteiger partial charge in [-0.2, -0.15) is 5.10 Å². The number of nitro benzene ring substituents is 1.